The molecule has 0 spiro atoms. The first-order chi connectivity index (χ1) is 12.6. The van der Waals surface area contributed by atoms with Gasteiger partial charge in [-0.1, -0.05) is 49.6 Å². The monoisotopic (exact) mass is 354 g/mol. The fraction of sp³-hybridized carbons (Fsp3) is 0.450. The summed E-state index contributed by atoms with van der Waals surface area (Å²) >= 11 is 0. The van der Waals surface area contributed by atoms with Crippen molar-refractivity contribution in [2.24, 2.45) is 0 Å². The van der Waals surface area contributed by atoms with E-state index in [1.54, 1.807) is 0 Å². The minimum absolute atomic E-state index is 0.00325. The molecule has 1 aliphatic carbocycles. The zero-order chi connectivity index (χ0) is 18.4. The molecule has 0 unspecified atom stereocenters. The smallest absolute Gasteiger partial charge is 0.269 e. The number of hydrogen-bond donors (Lipinski definition) is 3. The highest BCUT2D eigenvalue weighted by atomic mass is 16.2. The molecule has 3 rings (SSSR count). The zero-order valence-corrected chi connectivity index (χ0v) is 15.2. The highest BCUT2D eigenvalue weighted by Gasteiger charge is 2.18. The molecule has 138 valence electrons. The van der Waals surface area contributed by atoms with E-state index in [2.05, 4.69) is 20.8 Å². The summed E-state index contributed by atoms with van der Waals surface area (Å²) in [6.45, 7) is 2.19. The van der Waals surface area contributed by atoms with Crippen molar-refractivity contribution in [3.8, 4) is 11.3 Å². The molecule has 0 bridgehead atoms. The van der Waals surface area contributed by atoms with Crippen molar-refractivity contribution >= 4 is 11.8 Å². The molecule has 6 nitrogen and oxygen atoms in total. The molecule has 1 aliphatic rings. The lowest BCUT2D eigenvalue weighted by Crippen LogP contribution is -2.38. The molecule has 0 saturated heterocycles. The summed E-state index contributed by atoms with van der Waals surface area (Å²) in [5.74, 6) is -0.230. The maximum Gasteiger partial charge on any atom is 0.269 e. The maximum absolute atomic E-state index is 12.4. The van der Waals surface area contributed by atoms with Crippen LogP contribution in [0.5, 0.6) is 0 Å². The molecular weight excluding hydrogens is 328 g/mol. The average Bonchev–Trinajstić information content (AvgIpc) is 3.04. The van der Waals surface area contributed by atoms with E-state index in [9.17, 15) is 9.59 Å². The number of aromatic amines is 1. The molecule has 0 aliphatic heterocycles. The van der Waals surface area contributed by atoms with Crippen LogP contribution in [0.15, 0.2) is 30.3 Å². The lowest BCUT2D eigenvalue weighted by atomic mass is 9.95. The number of aromatic nitrogens is 2. The molecular formula is C20H26N4O2. The number of hydrogen-bond acceptors (Lipinski definition) is 3. The van der Waals surface area contributed by atoms with Crippen LogP contribution in [0.2, 0.25) is 0 Å². The van der Waals surface area contributed by atoms with Crippen LogP contribution in [0.25, 0.3) is 11.3 Å². The van der Waals surface area contributed by atoms with Gasteiger partial charge in [-0.05, 0) is 19.8 Å². The molecule has 0 radical (unpaired) electrons. The van der Waals surface area contributed by atoms with Crippen LogP contribution in [-0.2, 0) is 4.79 Å². The average molecular weight is 354 g/mol. The predicted octanol–water partition coefficient (Wildman–Crippen LogP) is 2.95. The van der Waals surface area contributed by atoms with Gasteiger partial charge in [0.1, 0.15) is 5.69 Å². The van der Waals surface area contributed by atoms with Gasteiger partial charge in [-0.25, -0.2) is 0 Å². The van der Waals surface area contributed by atoms with Gasteiger partial charge in [-0.3, -0.25) is 14.7 Å². The van der Waals surface area contributed by atoms with Gasteiger partial charge in [0.15, 0.2) is 0 Å². The number of carbonyl (C=O) groups excluding carboxylic acids is 2. The first kappa shape index (κ1) is 18.2. The van der Waals surface area contributed by atoms with Crippen LogP contribution >= 0.6 is 0 Å². The second-order valence-corrected chi connectivity index (χ2v) is 6.85. The Morgan fingerprint density at radius 2 is 1.88 bits per heavy atom. The van der Waals surface area contributed by atoms with Crippen LogP contribution < -0.4 is 10.6 Å². The van der Waals surface area contributed by atoms with Gasteiger partial charge in [-0.2, -0.15) is 5.10 Å². The number of nitrogens with zero attached hydrogens (tertiary/aromatic N) is 1. The normalized spacial score (nSPS) is 14.8. The van der Waals surface area contributed by atoms with Crippen LogP contribution in [0.1, 0.15) is 54.6 Å². The Kier molecular flexibility index (Phi) is 6.04. The number of rotatable bonds is 6. The van der Waals surface area contributed by atoms with E-state index in [0.717, 1.165) is 29.7 Å². The van der Waals surface area contributed by atoms with E-state index < -0.39 is 0 Å². The third kappa shape index (κ3) is 4.50. The van der Waals surface area contributed by atoms with E-state index in [1.807, 2.05) is 37.3 Å². The van der Waals surface area contributed by atoms with Crippen molar-refractivity contribution < 1.29 is 9.59 Å². The Hall–Kier alpha value is -2.63. The second-order valence-electron chi connectivity index (χ2n) is 6.85. The van der Waals surface area contributed by atoms with Gasteiger partial charge in [0.2, 0.25) is 5.91 Å². The molecule has 0 atom stereocenters. The Morgan fingerprint density at radius 3 is 2.62 bits per heavy atom. The molecule has 6 heteroatoms. The van der Waals surface area contributed by atoms with Gasteiger partial charge >= 0.3 is 0 Å². The molecule has 1 aromatic carbocycles. The Labute approximate surface area is 153 Å². The van der Waals surface area contributed by atoms with Crippen molar-refractivity contribution in [2.75, 3.05) is 6.54 Å². The quantitative estimate of drug-likeness (QED) is 0.745. The van der Waals surface area contributed by atoms with Crippen LogP contribution in [0, 0.1) is 6.92 Å². The highest BCUT2D eigenvalue weighted by Crippen LogP contribution is 2.22. The van der Waals surface area contributed by atoms with Crippen molar-refractivity contribution in [1.29, 1.82) is 0 Å². The lowest BCUT2D eigenvalue weighted by Gasteiger charge is -2.22. The first-order valence-electron chi connectivity index (χ1n) is 9.33. The number of carbonyl (C=O) groups is 2. The van der Waals surface area contributed by atoms with E-state index in [4.69, 9.17) is 0 Å². The van der Waals surface area contributed by atoms with Gasteiger partial charge < -0.3 is 10.6 Å². The summed E-state index contributed by atoms with van der Waals surface area (Å²) in [7, 11) is 0. The maximum atomic E-state index is 12.4. The van der Waals surface area contributed by atoms with Crippen molar-refractivity contribution in [1.82, 2.24) is 20.8 Å². The number of amides is 2. The third-order valence-electron chi connectivity index (χ3n) is 4.89. The van der Waals surface area contributed by atoms with Gasteiger partial charge in [0.05, 0.1) is 5.69 Å². The van der Waals surface area contributed by atoms with E-state index in [0.29, 0.717) is 24.7 Å². The SMILES string of the molecule is Cc1c(-c2ccccc2)n[nH]c1C(=O)NCCC(=O)NC1CCCCC1. The topological polar surface area (TPSA) is 86.9 Å². The summed E-state index contributed by atoms with van der Waals surface area (Å²) in [5, 5.41) is 12.9. The van der Waals surface area contributed by atoms with Crippen molar-refractivity contribution in [3.63, 3.8) is 0 Å². The molecule has 26 heavy (non-hydrogen) atoms. The number of nitrogens with one attached hydrogen (secondary N) is 3. The predicted molar refractivity (Wildman–Crippen MR) is 101 cm³/mol. The van der Waals surface area contributed by atoms with Gasteiger partial charge in [-0.15, -0.1) is 0 Å². The fourth-order valence-corrected chi connectivity index (χ4v) is 3.42. The van der Waals surface area contributed by atoms with Crippen LogP contribution in [-0.4, -0.2) is 34.6 Å². The molecule has 2 aromatic rings. The minimum Gasteiger partial charge on any atom is -0.353 e. The molecule has 1 heterocycles. The zero-order valence-electron chi connectivity index (χ0n) is 15.2. The Bertz CT molecular complexity index is 748. The summed E-state index contributed by atoms with van der Waals surface area (Å²) in [4.78, 5) is 24.4. The molecule has 2 amide bonds. The van der Waals surface area contributed by atoms with E-state index in [-0.39, 0.29) is 11.8 Å². The van der Waals surface area contributed by atoms with Crippen molar-refractivity contribution in [2.45, 2.75) is 51.5 Å². The van der Waals surface area contributed by atoms with Crippen molar-refractivity contribution in [3.05, 3.63) is 41.6 Å². The van der Waals surface area contributed by atoms with E-state index in [1.165, 1.54) is 19.3 Å². The van der Waals surface area contributed by atoms with Gasteiger partial charge in [0, 0.05) is 30.1 Å². The lowest BCUT2D eigenvalue weighted by molar-refractivity contribution is -0.121. The van der Waals surface area contributed by atoms with Crippen LogP contribution in [0.3, 0.4) is 0 Å². The standard InChI is InChI=1S/C20H26N4O2/c1-14-18(15-8-4-2-5-9-15)23-24-19(14)20(26)21-13-12-17(25)22-16-10-6-3-7-11-16/h2,4-5,8-9,16H,3,6-7,10-13H2,1H3,(H,21,26)(H,22,25)(H,23,24). The fourth-order valence-electron chi connectivity index (χ4n) is 3.42. The van der Waals surface area contributed by atoms with E-state index >= 15 is 0 Å². The Balaban J connectivity index is 1.49. The number of benzene rings is 1. The number of H-pyrrole nitrogens is 1. The molecule has 1 saturated carbocycles. The first-order valence-corrected chi connectivity index (χ1v) is 9.33. The molecule has 3 N–H and O–H groups in total. The summed E-state index contributed by atoms with van der Waals surface area (Å²) < 4.78 is 0. The molecule has 1 aromatic heterocycles. The Morgan fingerprint density at radius 1 is 1.15 bits per heavy atom. The third-order valence-corrected chi connectivity index (χ3v) is 4.89. The second kappa shape index (κ2) is 8.65. The highest BCUT2D eigenvalue weighted by molar-refractivity contribution is 5.95. The summed E-state index contributed by atoms with van der Waals surface area (Å²) in [5.41, 5.74) is 2.98. The van der Waals surface area contributed by atoms with Crippen LogP contribution in [0.4, 0.5) is 0 Å². The van der Waals surface area contributed by atoms with Gasteiger partial charge in [0.25, 0.3) is 5.91 Å². The largest absolute Gasteiger partial charge is 0.353 e. The summed E-state index contributed by atoms with van der Waals surface area (Å²) in [6, 6.07) is 10.0. The minimum atomic E-state index is -0.234. The summed E-state index contributed by atoms with van der Waals surface area (Å²) in [6.07, 6.45) is 6.05. The molecule has 1 fully saturated rings.